The molecule has 6 nitrogen and oxygen atoms in total. The van der Waals surface area contributed by atoms with Crippen LogP contribution in [-0.4, -0.2) is 24.0 Å². The minimum atomic E-state index is -0.621. The molecule has 0 N–H and O–H groups in total. The van der Waals surface area contributed by atoms with Crippen molar-refractivity contribution in [1.29, 1.82) is 0 Å². The molecule has 0 saturated carbocycles. The van der Waals surface area contributed by atoms with Crippen molar-refractivity contribution in [3.05, 3.63) is 104 Å². The molecular formula is C31H31NO5. The molecule has 0 bridgehead atoms. The maximum atomic E-state index is 13.9. The Morgan fingerprint density at radius 2 is 1.65 bits per heavy atom. The van der Waals surface area contributed by atoms with E-state index in [1.54, 1.807) is 4.90 Å². The lowest BCUT2D eigenvalue weighted by Crippen LogP contribution is -2.29. The first kappa shape index (κ1) is 24.6. The fourth-order valence-corrected chi connectivity index (χ4v) is 4.86. The molecule has 1 aliphatic rings. The summed E-state index contributed by atoms with van der Waals surface area (Å²) in [5.74, 6) is 1.03. The summed E-state index contributed by atoms with van der Waals surface area (Å²) in [6, 6.07) is 18.5. The van der Waals surface area contributed by atoms with E-state index in [4.69, 9.17) is 13.9 Å². The lowest BCUT2D eigenvalue weighted by molar-refractivity contribution is 0.0714. The van der Waals surface area contributed by atoms with E-state index in [1.807, 2.05) is 88.4 Å². The maximum absolute atomic E-state index is 13.9. The number of ether oxygens (including phenoxy) is 2. The summed E-state index contributed by atoms with van der Waals surface area (Å²) in [5.41, 5.74) is 4.34. The van der Waals surface area contributed by atoms with Crippen LogP contribution in [0.15, 0.2) is 69.9 Å². The third-order valence-electron chi connectivity index (χ3n) is 6.82. The number of benzene rings is 3. The normalized spacial score (nSPS) is 14.8. The Morgan fingerprint density at radius 3 is 2.38 bits per heavy atom. The summed E-state index contributed by atoms with van der Waals surface area (Å²) in [6.45, 7) is 9.26. The molecule has 1 aromatic heterocycles. The average molecular weight is 498 g/mol. The topological polar surface area (TPSA) is 69.0 Å². The first-order valence-corrected chi connectivity index (χ1v) is 12.7. The quantitative estimate of drug-likeness (QED) is 0.284. The second kappa shape index (κ2) is 10.1. The minimum Gasteiger partial charge on any atom is -0.490 e. The summed E-state index contributed by atoms with van der Waals surface area (Å²) in [4.78, 5) is 29.4. The van der Waals surface area contributed by atoms with Crippen molar-refractivity contribution in [3.63, 3.8) is 0 Å². The van der Waals surface area contributed by atoms with Gasteiger partial charge < -0.3 is 18.8 Å². The summed E-state index contributed by atoms with van der Waals surface area (Å²) in [6.07, 6.45) is 0.871. The van der Waals surface area contributed by atoms with Crippen LogP contribution in [0.4, 0.5) is 0 Å². The molecule has 2 heterocycles. The Kier molecular flexibility index (Phi) is 6.74. The average Bonchev–Trinajstić information content (AvgIpc) is 3.17. The SMILES string of the molecule is CCCOc1ccc(C2c3c(oc4cc(C)c(C)cc4c3=O)C(=O)N2Cc2ccccc2)cc1OCC. The van der Waals surface area contributed by atoms with Crippen LogP contribution < -0.4 is 14.9 Å². The van der Waals surface area contributed by atoms with Gasteiger partial charge in [0.15, 0.2) is 16.9 Å². The molecule has 0 radical (unpaired) electrons. The molecule has 6 heteroatoms. The molecule has 1 amide bonds. The molecule has 37 heavy (non-hydrogen) atoms. The van der Waals surface area contributed by atoms with Gasteiger partial charge in [-0.25, -0.2) is 0 Å². The van der Waals surface area contributed by atoms with E-state index in [0.717, 1.165) is 28.7 Å². The molecule has 4 aromatic rings. The lowest BCUT2D eigenvalue weighted by Gasteiger charge is -2.26. The largest absolute Gasteiger partial charge is 0.490 e. The van der Waals surface area contributed by atoms with E-state index < -0.39 is 6.04 Å². The smallest absolute Gasteiger partial charge is 0.291 e. The molecule has 1 unspecified atom stereocenters. The monoisotopic (exact) mass is 497 g/mol. The number of hydrogen-bond donors (Lipinski definition) is 0. The van der Waals surface area contributed by atoms with Crippen molar-refractivity contribution in [2.45, 2.75) is 46.7 Å². The minimum absolute atomic E-state index is 0.103. The van der Waals surface area contributed by atoms with Gasteiger partial charge in [-0.1, -0.05) is 43.3 Å². The molecule has 0 spiro atoms. The molecule has 190 valence electrons. The third-order valence-corrected chi connectivity index (χ3v) is 6.82. The van der Waals surface area contributed by atoms with E-state index in [9.17, 15) is 9.59 Å². The maximum Gasteiger partial charge on any atom is 0.291 e. The van der Waals surface area contributed by atoms with Gasteiger partial charge in [0.1, 0.15) is 5.58 Å². The third kappa shape index (κ3) is 4.48. The molecule has 1 atom stereocenters. The highest BCUT2D eigenvalue weighted by Gasteiger charge is 2.43. The van der Waals surface area contributed by atoms with Gasteiger partial charge in [-0.15, -0.1) is 0 Å². The van der Waals surface area contributed by atoms with E-state index in [0.29, 0.717) is 47.8 Å². The molecule has 5 rings (SSSR count). The second-order valence-electron chi connectivity index (χ2n) is 9.42. The highest BCUT2D eigenvalue weighted by molar-refractivity contribution is 5.99. The first-order chi connectivity index (χ1) is 17.9. The Hall–Kier alpha value is -4.06. The predicted octanol–water partition coefficient (Wildman–Crippen LogP) is 6.34. The van der Waals surface area contributed by atoms with Crippen LogP contribution in [0.25, 0.3) is 11.0 Å². The molecule has 0 aliphatic carbocycles. The number of amides is 1. The summed E-state index contributed by atoms with van der Waals surface area (Å²) < 4.78 is 18.0. The standard InChI is InChI=1S/C31H31NO5/c1-5-14-36-24-13-12-22(17-26(24)35-6-2)28-27-29(33)23-15-19(3)20(4)16-25(23)37-30(27)31(34)32(28)18-21-10-8-7-9-11-21/h7-13,15-17,28H,5-6,14,18H2,1-4H3. The van der Waals surface area contributed by atoms with Crippen molar-refractivity contribution < 1.29 is 18.7 Å². The van der Waals surface area contributed by atoms with Crippen LogP contribution in [0.2, 0.25) is 0 Å². The van der Waals surface area contributed by atoms with Gasteiger partial charge in [-0.3, -0.25) is 9.59 Å². The van der Waals surface area contributed by atoms with Gasteiger partial charge in [0, 0.05) is 6.54 Å². The van der Waals surface area contributed by atoms with Crippen LogP contribution in [0.3, 0.4) is 0 Å². The number of aryl methyl sites for hydroxylation is 2. The predicted molar refractivity (Wildman–Crippen MR) is 144 cm³/mol. The fraction of sp³-hybridized carbons (Fsp3) is 0.290. The zero-order valence-corrected chi connectivity index (χ0v) is 21.7. The number of carbonyl (C=O) groups excluding carboxylic acids is 1. The Labute approximate surface area is 216 Å². The van der Waals surface area contributed by atoms with Crippen molar-refractivity contribution in [2.24, 2.45) is 0 Å². The summed E-state index contributed by atoms with van der Waals surface area (Å²) >= 11 is 0. The first-order valence-electron chi connectivity index (χ1n) is 12.7. The Morgan fingerprint density at radius 1 is 0.892 bits per heavy atom. The van der Waals surface area contributed by atoms with E-state index in [-0.39, 0.29) is 17.1 Å². The number of fused-ring (bicyclic) bond motifs is 2. The van der Waals surface area contributed by atoms with Crippen molar-refractivity contribution >= 4 is 16.9 Å². The van der Waals surface area contributed by atoms with Gasteiger partial charge in [0.25, 0.3) is 5.91 Å². The van der Waals surface area contributed by atoms with E-state index in [1.165, 1.54) is 0 Å². The zero-order valence-electron chi connectivity index (χ0n) is 21.7. The lowest BCUT2D eigenvalue weighted by atomic mass is 9.97. The van der Waals surface area contributed by atoms with Crippen LogP contribution in [0.1, 0.15) is 64.7 Å². The highest BCUT2D eigenvalue weighted by atomic mass is 16.5. The molecular weight excluding hydrogens is 466 g/mol. The van der Waals surface area contributed by atoms with Crippen LogP contribution in [0, 0.1) is 13.8 Å². The van der Waals surface area contributed by atoms with Gasteiger partial charge in [0.2, 0.25) is 5.76 Å². The number of rotatable bonds is 8. The number of nitrogens with zero attached hydrogens (tertiary/aromatic N) is 1. The summed E-state index contributed by atoms with van der Waals surface area (Å²) in [7, 11) is 0. The molecule has 0 fully saturated rings. The fourth-order valence-electron chi connectivity index (χ4n) is 4.86. The molecule has 0 saturated heterocycles. The second-order valence-corrected chi connectivity index (χ2v) is 9.42. The van der Waals surface area contributed by atoms with Crippen molar-refractivity contribution in [2.75, 3.05) is 13.2 Å². The Balaban J connectivity index is 1.71. The van der Waals surface area contributed by atoms with Crippen LogP contribution in [0.5, 0.6) is 11.5 Å². The van der Waals surface area contributed by atoms with E-state index >= 15 is 0 Å². The summed E-state index contributed by atoms with van der Waals surface area (Å²) in [5, 5.41) is 0.481. The molecule has 3 aromatic carbocycles. The number of carbonyl (C=O) groups is 1. The Bertz CT molecular complexity index is 1520. The van der Waals surface area contributed by atoms with Gasteiger partial charge in [0.05, 0.1) is 30.2 Å². The van der Waals surface area contributed by atoms with E-state index in [2.05, 4.69) is 0 Å². The highest BCUT2D eigenvalue weighted by Crippen LogP contribution is 2.42. The van der Waals surface area contributed by atoms with Crippen molar-refractivity contribution in [1.82, 2.24) is 4.90 Å². The zero-order chi connectivity index (χ0) is 26.1. The number of hydrogen-bond acceptors (Lipinski definition) is 5. The van der Waals surface area contributed by atoms with Gasteiger partial charge >= 0.3 is 0 Å². The van der Waals surface area contributed by atoms with Crippen molar-refractivity contribution in [3.8, 4) is 11.5 Å². The van der Waals surface area contributed by atoms with Gasteiger partial charge in [-0.2, -0.15) is 0 Å². The van der Waals surface area contributed by atoms with Gasteiger partial charge in [-0.05, 0) is 73.7 Å². The van der Waals surface area contributed by atoms with Crippen LogP contribution in [-0.2, 0) is 6.54 Å². The van der Waals surface area contributed by atoms with Crippen LogP contribution >= 0.6 is 0 Å². The molecule has 1 aliphatic heterocycles.